The van der Waals surface area contributed by atoms with Crippen molar-refractivity contribution in [3.8, 4) is 22.9 Å². The van der Waals surface area contributed by atoms with Crippen LogP contribution in [-0.4, -0.2) is 37.4 Å². The Labute approximate surface area is 126 Å². The van der Waals surface area contributed by atoms with Crippen LogP contribution < -0.4 is 9.47 Å². The fourth-order valence-corrected chi connectivity index (χ4v) is 2.98. The summed E-state index contributed by atoms with van der Waals surface area (Å²) < 4.78 is 35.0. The Morgan fingerprint density at radius 2 is 1.95 bits per heavy atom. The van der Waals surface area contributed by atoms with Crippen LogP contribution in [0.1, 0.15) is 6.92 Å². The molecule has 0 fully saturated rings. The molecule has 0 unspecified atom stereocenters. The molecular formula is C12H14ClN3O4S. The molecule has 0 saturated heterocycles. The minimum absolute atomic E-state index is 0.300. The van der Waals surface area contributed by atoms with E-state index in [9.17, 15) is 8.42 Å². The van der Waals surface area contributed by atoms with Gasteiger partial charge in [-0.25, -0.2) is 8.42 Å². The van der Waals surface area contributed by atoms with Crippen molar-refractivity contribution in [2.45, 2.75) is 18.6 Å². The van der Waals surface area contributed by atoms with E-state index >= 15 is 0 Å². The molecule has 0 bridgehead atoms. The zero-order valence-corrected chi connectivity index (χ0v) is 13.3. The fraction of sp³-hybridized carbons (Fsp3) is 0.333. The van der Waals surface area contributed by atoms with E-state index in [-0.39, 0.29) is 5.16 Å². The van der Waals surface area contributed by atoms with Gasteiger partial charge in [-0.2, -0.15) is 0 Å². The van der Waals surface area contributed by atoms with Crippen LogP contribution in [-0.2, 0) is 15.6 Å². The largest absolute Gasteiger partial charge is 0.493 e. The lowest BCUT2D eigenvalue weighted by atomic mass is 10.1. The Hall–Kier alpha value is -1.80. The number of halogens is 1. The lowest BCUT2D eigenvalue weighted by Gasteiger charge is -2.12. The van der Waals surface area contributed by atoms with E-state index in [1.165, 1.54) is 18.8 Å². The second-order valence-corrected chi connectivity index (χ2v) is 6.49. The third-order valence-corrected chi connectivity index (χ3v) is 4.05. The molecule has 21 heavy (non-hydrogen) atoms. The average molecular weight is 332 g/mol. The maximum atomic E-state index is 11.5. The first-order valence-corrected chi connectivity index (χ1v) is 8.34. The van der Waals surface area contributed by atoms with Crippen LogP contribution in [0.4, 0.5) is 0 Å². The van der Waals surface area contributed by atoms with Crippen LogP contribution in [0.3, 0.4) is 0 Å². The molecule has 0 aliphatic heterocycles. The van der Waals surface area contributed by atoms with Crippen LogP contribution in [0.15, 0.2) is 23.4 Å². The van der Waals surface area contributed by atoms with Gasteiger partial charge in [0, 0.05) is 17.2 Å². The first kappa shape index (κ1) is 15.6. The highest BCUT2D eigenvalue weighted by molar-refractivity contribution is 8.13. The lowest BCUT2D eigenvalue weighted by molar-refractivity contribution is 0.356. The number of hydrogen-bond acceptors (Lipinski definition) is 6. The molecule has 0 N–H and O–H groups in total. The van der Waals surface area contributed by atoms with Gasteiger partial charge in [0.25, 0.3) is 14.2 Å². The Balaban J connectivity index is 2.71. The Morgan fingerprint density at radius 3 is 2.48 bits per heavy atom. The molecule has 2 rings (SSSR count). The maximum absolute atomic E-state index is 11.5. The Bertz CT molecular complexity index is 758. The van der Waals surface area contributed by atoms with E-state index in [2.05, 4.69) is 10.2 Å². The van der Waals surface area contributed by atoms with E-state index in [0.29, 0.717) is 29.4 Å². The normalized spacial score (nSPS) is 11.4. The third kappa shape index (κ3) is 2.81. The van der Waals surface area contributed by atoms with Gasteiger partial charge in [-0.05, 0) is 19.1 Å². The zero-order valence-electron chi connectivity index (χ0n) is 11.7. The molecule has 0 aliphatic carbocycles. The quantitative estimate of drug-likeness (QED) is 0.778. The summed E-state index contributed by atoms with van der Waals surface area (Å²) >= 11 is 0. The molecule has 1 aromatic carbocycles. The van der Waals surface area contributed by atoms with Gasteiger partial charge in [0.05, 0.1) is 19.8 Å². The highest BCUT2D eigenvalue weighted by atomic mass is 35.7. The number of benzene rings is 1. The summed E-state index contributed by atoms with van der Waals surface area (Å²) in [6, 6.07) is 5.22. The zero-order chi connectivity index (χ0) is 15.6. The SMILES string of the molecule is CCn1c(-c2cccc(OC)c2OC)nnc1S(=O)(=O)Cl. The van der Waals surface area contributed by atoms with Crippen LogP contribution in [0.5, 0.6) is 11.5 Å². The molecule has 114 valence electrons. The predicted molar refractivity (Wildman–Crippen MR) is 77.3 cm³/mol. The number of para-hydroxylation sites is 1. The minimum Gasteiger partial charge on any atom is -0.493 e. The third-order valence-electron chi connectivity index (χ3n) is 2.89. The molecule has 1 aromatic heterocycles. The van der Waals surface area contributed by atoms with Crippen molar-refractivity contribution in [1.82, 2.24) is 14.8 Å². The minimum atomic E-state index is -3.98. The van der Waals surface area contributed by atoms with E-state index in [4.69, 9.17) is 20.2 Å². The monoisotopic (exact) mass is 331 g/mol. The number of ether oxygens (including phenoxy) is 2. The molecule has 1 heterocycles. The van der Waals surface area contributed by atoms with Crippen molar-refractivity contribution in [3.05, 3.63) is 18.2 Å². The molecule has 0 amide bonds. The number of nitrogens with zero attached hydrogens (tertiary/aromatic N) is 3. The van der Waals surface area contributed by atoms with Crippen molar-refractivity contribution in [2.24, 2.45) is 0 Å². The molecule has 0 saturated carbocycles. The number of hydrogen-bond donors (Lipinski definition) is 0. The van der Waals surface area contributed by atoms with Gasteiger partial charge in [-0.1, -0.05) is 6.07 Å². The smallest absolute Gasteiger partial charge is 0.296 e. The van der Waals surface area contributed by atoms with Gasteiger partial charge in [0.15, 0.2) is 17.3 Å². The van der Waals surface area contributed by atoms with E-state index < -0.39 is 9.05 Å². The van der Waals surface area contributed by atoms with Gasteiger partial charge in [-0.3, -0.25) is 4.57 Å². The van der Waals surface area contributed by atoms with Crippen molar-refractivity contribution >= 4 is 19.7 Å². The number of methoxy groups -OCH3 is 2. The van der Waals surface area contributed by atoms with Gasteiger partial charge >= 0.3 is 0 Å². The average Bonchev–Trinajstić information content (AvgIpc) is 2.89. The highest BCUT2D eigenvalue weighted by Crippen LogP contribution is 2.37. The Morgan fingerprint density at radius 1 is 1.24 bits per heavy atom. The van der Waals surface area contributed by atoms with Gasteiger partial charge in [-0.15, -0.1) is 10.2 Å². The lowest BCUT2D eigenvalue weighted by Crippen LogP contribution is -2.06. The van der Waals surface area contributed by atoms with Crippen molar-refractivity contribution < 1.29 is 17.9 Å². The summed E-state index contributed by atoms with van der Waals surface area (Å²) in [5.74, 6) is 1.30. The molecule has 0 aliphatic rings. The van der Waals surface area contributed by atoms with Gasteiger partial charge < -0.3 is 9.47 Å². The molecule has 0 radical (unpaired) electrons. The standard InChI is InChI=1S/C12H14ClN3O4S/c1-4-16-11(14-15-12(16)21(13,17)18)8-6-5-7-9(19-2)10(8)20-3/h5-7H,4H2,1-3H3. The molecular weight excluding hydrogens is 318 g/mol. The molecule has 7 nitrogen and oxygen atoms in total. The van der Waals surface area contributed by atoms with Gasteiger partial charge in [0.1, 0.15) is 0 Å². The summed E-state index contributed by atoms with van der Waals surface area (Å²) in [4.78, 5) is 0. The second-order valence-electron chi connectivity index (χ2n) is 4.03. The summed E-state index contributed by atoms with van der Waals surface area (Å²) in [5, 5.41) is 7.28. The first-order valence-electron chi connectivity index (χ1n) is 6.03. The van der Waals surface area contributed by atoms with Crippen molar-refractivity contribution in [1.29, 1.82) is 0 Å². The van der Waals surface area contributed by atoms with Crippen LogP contribution in [0.2, 0.25) is 0 Å². The predicted octanol–water partition coefficient (Wildman–Crippen LogP) is 1.91. The molecule has 0 atom stereocenters. The van der Waals surface area contributed by atoms with E-state index in [1.54, 1.807) is 25.1 Å². The van der Waals surface area contributed by atoms with Crippen LogP contribution in [0, 0.1) is 0 Å². The summed E-state index contributed by atoms with van der Waals surface area (Å²) in [7, 11) is 4.40. The topological polar surface area (TPSA) is 83.3 Å². The maximum Gasteiger partial charge on any atom is 0.296 e. The first-order chi connectivity index (χ1) is 9.93. The van der Waals surface area contributed by atoms with Gasteiger partial charge in [0.2, 0.25) is 0 Å². The highest BCUT2D eigenvalue weighted by Gasteiger charge is 2.24. The molecule has 0 spiro atoms. The molecule has 2 aromatic rings. The second kappa shape index (κ2) is 5.90. The summed E-state index contributed by atoms with van der Waals surface area (Å²) in [6.45, 7) is 2.11. The summed E-state index contributed by atoms with van der Waals surface area (Å²) in [5.41, 5.74) is 0.567. The number of rotatable bonds is 5. The van der Waals surface area contributed by atoms with E-state index in [1.807, 2.05) is 0 Å². The molecule has 9 heteroatoms. The van der Waals surface area contributed by atoms with Crippen molar-refractivity contribution in [3.63, 3.8) is 0 Å². The number of aromatic nitrogens is 3. The van der Waals surface area contributed by atoms with E-state index in [0.717, 1.165) is 0 Å². The summed E-state index contributed by atoms with van der Waals surface area (Å²) in [6.07, 6.45) is 0. The van der Waals surface area contributed by atoms with Crippen LogP contribution >= 0.6 is 10.7 Å². The fourth-order valence-electron chi connectivity index (χ4n) is 2.02. The van der Waals surface area contributed by atoms with Crippen molar-refractivity contribution in [2.75, 3.05) is 14.2 Å². The van der Waals surface area contributed by atoms with Crippen LogP contribution in [0.25, 0.3) is 11.4 Å². The Kier molecular flexibility index (Phi) is 4.38.